The minimum Gasteiger partial charge on any atom is -0.399 e. The number of fused-ring (bicyclic) bond motifs is 1. The summed E-state index contributed by atoms with van der Waals surface area (Å²) in [7, 11) is 0. The molecule has 2 unspecified atom stereocenters. The molecule has 53 heavy (non-hydrogen) atoms. The van der Waals surface area contributed by atoms with E-state index in [-0.39, 0.29) is 5.92 Å². The molecule has 9 rings (SSSR count). The van der Waals surface area contributed by atoms with E-state index in [1.165, 1.54) is 55.6 Å². The Balaban J connectivity index is 1.04. The minimum atomic E-state index is 0.255. The normalized spacial score (nSPS) is 14.8. The van der Waals surface area contributed by atoms with Crippen LogP contribution in [0.25, 0.3) is 33.4 Å². The van der Waals surface area contributed by atoms with Gasteiger partial charge in [0.15, 0.2) is 0 Å². The van der Waals surface area contributed by atoms with Gasteiger partial charge < -0.3 is 10.6 Å². The van der Waals surface area contributed by atoms with Gasteiger partial charge in [0.05, 0.1) is 0 Å². The van der Waals surface area contributed by atoms with Crippen LogP contribution >= 0.6 is 0 Å². The third kappa shape index (κ3) is 6.52. The molecule has 2 heteroatoms. The van der Waals surface area contributed by atoms with Crippen LogP contribution in [0, 0.1) is 0 Å². The van der Waals surface area contributed by atoms with Gasteiger partial charge in [0.1, 0.15) is 0 Å². The smallest absolute Gasteiger partial charge is 0.0462 e. The molecule has 0 aromatic heterocycles. The molecular weight excluding hydrogens is 641 g/mol. The van der Waals surface area contributed by atoms with Gasteiger partial charge in [-0.2, -0.15) is 0 Å². The Hall–Kier alpha value is -6.64. The van der Waals surface area contributed by atoms with Crippen LogP contribution < -0.4 is 10.6 Å². The summed E-state index contributed by atoms with van der Waals surface area (Å²) in [6.45, 7) is 0. The summed E-state index contributed by atoms with van der Waals surface area (Å²) in [6.07, 6.45) is 1.01. The van der Waals surface area contributed by atoms with E-state index in [0.717, 1.165) is 29.2 Å². The SMILES string of the molecule is Nc1ccc2c(c1)C(c1ccc(N(c3ccc(-c4ccccc4)cc3)c3ccc(-c4ccccc4)cc3)cc1)CC2c1ccc(-c2ccccc2)cc1. The van der Waals surface area contributed by atoms with E-state index >= 15 is 0 Å². The van der Waals surface area contributed by atoms with Crippen LogP contribution in [-0.2, 0) is 0 Å². The van der Waals surface area contributed by atoms with Crippen molar-refractivity contribution in [2.45, 2.75) is 18.3 Å². The summed E-state index contributed by atoms with van der Waals surface area (Å²) in [5, 5.41) is 0. The van der Waals surface area contributed by atoms with Gasteiger partial charge in [-0.3, -0.25) is 0 Å². The highest BCUT2D eigenvalue weighted by molar-refractivity contribution is 5.80. The number of benzene rings is 8. The molecule has 0 bridgehead atoms. The highest BCUT2D eigenvalue weighted by atomic mass is 15.1. The molecule has 0 heterocycles. The molecular formula is C51H40N2. The predicted octanol–water partition coefficient (Wildman–Crippen LogP) is 13.4. The predicted molar refractivity (Wildman–Crippen MR) is 223 cm³/mol. The molecule has 1 aliphatic carbocycles. The fraction of sp³-hybridized carbons (Fsp3) is 0.0588. The lowest BCUT2D eigenvalue weighted by atomic mass is 9.89. The molecule has 0 spiro atoms. The second kappa shape index (κ2) is 14.2. The van der Waals surface area contributed by atoms with Crippen molar-refractivity contribution in [2.24, 2.45) is 0 Å². The summed E-state index contributed by atoms with van der Waals surface area (Å²) >= 11 is 0. The van der Waals surface area contributed by atoms with Crippen LogP contribution in [-0.4, -0.2) is 0 Å². The first-order valence-electron chi connectivity index (χ1n) is 18.4. The van der Waals surface area contributed by atoms with Gasteiger partial charge in [0.25, 0.3) is 0 Å². The first-order chi connectivity index (χ1) is 26.2. The molecule has 8 aromatic carbocycles. The highest BCUT2D eigenvalue weighted by Gasteiger charge is 2.33. The fourth-order valence-corrected chi connectivity index (χ4v) is 8.04. The minimum absolute atomic E-state index is 0.255. The molecule has 8 aromatic rings. The summed E-state index contributed by atoms with van der Waals surface area (Å²) in [4.78, 5) is 2.35. The zero-order valence-corrected chi connectivity index (χ0v) is 29.5. The molecule has 2 atom stereocenters. The molecule has 0 saturated heterocycles. The van der Waals surface area contributed by atoms with Crippen LogP contribution in [0.3, 0.4) is 0 Å². The molecule has 0 radical (unpaired) electrons. The van der Waals surface area contributed by atoms with Crippen LogP contribution in [0.15, 0.2) is 206 Å². The maximum atomic E-state index is 6.42. The first kappa shape index (κ1) is 32.3. The molecule has 0 aliphatic heterocycles. The van der Waals surface area contributed by atoms with Gasteiger partial charge in [0, 0.05) is 34.6 Å². The van der Waals surface area contributed by atoms with E-state index in [1.807, 2.05) is 0 Å². The van der Waals surface area contributed by atoms with Gasteiger partial charge in [-0.15, -0.1) is 0 Å². The number of nitrogens with zero attached hydrogens (tertiary/aromatic N) is 1. The van der Waals surface area contributed by atoms with E-state index in [9.17, 15) is 0 Å². The Morgan fingerprint density at radius 1 is 0.340 bits per heavy atom. The topological polar surface area (TPSA) is 29.3 Å². The fourth-order valence-electron chi connectivity index (χ4n) is 8.04. The van der Waals surface area contributed by atoms with Crippen molar-refractivity contribution in [1.29, 1.82) is 0 Å². The van der Waals surface area contributed by atoms with E-state index in [2.05, 4.69) is 211 Å². The number of rotatable bonds is 8. The Labute approximate surface area is 312 Å². The van der Waals surface area contributed by atoms with Crippen LogP contribution in [0.2, 0.25) is 0 Å². The van der Waals surface area contributed by atoms with Gasteiger partial charge in [-0.1, -0.05) is 158 Å². The van der Waals surface area contributed by atoms with E-state index in [4.69, 9.17) is 5.73 Å². The lowest BCUT2D eigenvalue weighted by molar-refractivity contribution is 0.715. The molecule has 1 aliphatic rings. The zero-order valence-electron chi connectivity index (χ0n) is 29.5. The Kier molecular flexibility index (Phi) is 8.63. The van der Waals surface area contributed by atoms with Crippen LogP contribution in [0.5, 0.6) is 0 Å². The molecule has 254 valence electrons. The largest absolute Gasteiger partial charge is 0.399 e. The lowest BCUT2D eigenvalue weighted by Crippen LogP contribution is -2.10. The number of nitrogens with two attached hydrogens (primary N) is 1. The lowest BCUT2D eigenvalue weighted by Gasteiger charge is -2.26. The van der Waals surface area contributed by atoms with Gasteiger partial charge in [0.2, 0.25) is 0 Å². The molecule has 0 amide bonds. The number of hydrogen-bond acceptors (Lipinski definition) is 2. The third-order valence-corrected chi connectivity index (χ3v) is 10.8. The third-order valence-electron chi connectivity index (χ3n) is 10.8. The van der Waals surface area contributed by atoms with Crippen molar-refractivity contribution >= 4 is 22.7 Å². The van der Waals surface area contributed by atoms with Crippen molar-refractivity contribution in [2.75, 3.05) is 10.6 Å². The quantitative estimate of drug-likeness (QED) is 0.162. The molecule has 0 saturated carbocycles. The number of anilines is 4. The van der Waals surface area contributed by atoms with Gasteiger partial charge in [-0.25, -0.2) is 0 Å². The van der Waals surface area contributed by atoms with Crippen LogP contribution in [0.4, 0.5) is 22.7 Å². The second-order valence-corrected chi connectivity index (χ2v) is 14.0. The maximum Gasteiger partial charge on any atom is 0.0462 e. The first-order valence-corrected chi connectivity index (χ1v) is 18.4. The molecule has 2 N–H and O–H groups in total. The average Bonchev–Trinajstić information content (AvgIpc) is 3.61. The highest BCUT2D eigenvalue weighted by Crippen LogP contribution is 2.49. The van der Waals surface area contributed by atoms with Gasteiger partial charge >= 0.3 is 0 Å². The second-order valence-electron chi connectivity index (χ2n) is 14.0. The van der Waals surface area contributed by atoms with Gasteiger partial charge in [-0.05, 0) is 111 Å². The average molecular weight is 681 g/mol. The van der Waals surface area contributed by atoms with Crippen molar-refractivity contribution in [1.82, 2.24) is 0 Å². The monoisotopic (exact) mass is 680 g/mol. The Morgan fingerprint density at radius 3 is 1.11 bits per heavy atom. The Morgan fingerprint density at radius 2 is 0.679 bits per heavy atom. The molecule has 2 nitrogen and oxygen atoms in total. The number of nitrogen functional groups attached to an aromatic ring is 1. The number of hydrogen-bond donors (Lipinski definition) is 1. The van der Waals surface area contributed by atoms with E-state index in [1.54, 1.807) is 0 Å². The standard InChI is InChI=1S/C51H40N2/c52-44-26-33-48-49(42-18-16-39(17-19-42)36-10-4-1-5-11-36)35-50(51(48)34-44)43-24-31-47(32-25-43)53(45-27-20-40(21-28-45)37-12-6-2-7-13-37)46-29-22-41(23-30-46)38-14-8-3-9-15-38/h1-34,49-50H,35,52H2. The maximum absolute atomic E-state index is 6.42. The molecule has 0 fully saturated rings. The van der Waals surface area contributed by atoms with Crippen molar-refractivity contribution in [3.05, 3.63) is 229 Å². The summed E-state index contributed by atoms with van der Waals surface area (Å²) in [6, 6.07) is 74.3. The van der Waals surface area contributed by atoms with E-state index in [0.29, 0.717) is 5.92 Å². The summed E-state index contributed by atoms with van der Waals surface area (Å²) in [5.74, 6) is 0.563. The van der Waals surface area contributed by atoms with Crippen LogP contribution in [0.1, 0.15) is 40.5 Å². The van der Waals surface area contributed by atoms with Crippen molar-refractivity contribution in [3.63, 3.8) is 0 Å². The van der Waals surface area contributed by atoms with Crippen molar-refractivity contribution < 1.29 is 0 Å². The Bertz CT molecular complexity index is 2350. The summed E-state index contributed by atoms with van der Waals surface area (Å²) in [5.41, 5.74) is 23.3. The van der Waals surface area contributed by atoms with Crippen molar-refractivity contribution in [3.8, 4) is 33.4 Å². The zero-order chi connectivity index (χ0) is 35.6. The summed E-state index contributed by atoms with van der Waals surface area (Å²) < 4.78 is 0. The van der Waals surface area contributed by atoms with E-state index < -0.39 is 0 Å².